The molecular formula is C13H24N6O7S. The molecule has 154 valence electrons. The number of rotatable bonds is 15. The van der Waals surface area contributed by atoms with Crippen molar-refractivity contribution >= 4 is 36.1 Å². The molecule has 1 aromatic rings. The van der Waals surface area contributed by atoms with Crippen LogP contribution in [-0.2, 0) is 9.37 Å². The Morgan fingerprint density at radius 1 is 0.852 bits per heavy atom. The minimum Gasteiger partial charge on any atom is -0.395 e. The van der Waals surface area contributed by atoms with Crippen LogP contribution in [0.3, 0.4) is 0 Å². The predicted molar refractivity (Wildman–Crippen MR) is 98.0 cm³/mol. The molecule has 0 aliphatic heterocycles. The molecule has 0 aliphatic rings. The Balaban J connectivity index is 3.15. The maximum atomic E-state index is 9.22. The van der Waals surface area contributed by atoms with Crippen molar-refractivity contribution < 1.29 is 35.1 Å². The van der Waals surface area contributed by atoms with E-state index in [0.29, 0.717) is 0 Å². The van der Waals surface area contributed by atoms with E-state index in [1.165, 1.54) is 6.21 Å². The lowest BCUT2D eigenvalue weighted by molar-refractivity contribution is -0.432. The highest BCUT2D eigenvalue weighted by molar-refractivity contribution is 7.95. The van der Waals surface area contributed by atoms with Gasteiger partial charge in [0.2, 0.25) is 11.9 Å². The van der Waals surface area contributed by atoms with Gasteiger partial charge in [-0.3, -0.25) is 0 Å². The molecule has 0 aliphatic carbocycles. The van der Waals surface area contributed by atoms with Crippen LogP contribution in [0.5, 0.6) is 0 Å². The Morgan fingerprint density at radius 2 is 1.33 bits per heavy atom. The summed E-state index contributed by atoms with van der Waals surface area (Å²) in [4.78, 5) is 19.9. The summed E-state index contributed by atoms with van der Waals surface area (Å²) in [7, 11) is 0. The molecule has 0 atom stereocenters. The van der Waals surface area contributed by atoms with E-state index in [0.717, 1.165) is 12.0 Å². The lowest BCUT2D eigenvalue weighted by Gasteiger charge is -2.24. The van der Waals surface area contributed by atoms with E-state index in [-0.39, 0.29) is 76.2 Å². The van der Waals surface area contributed by atoms with Gasteiger partial charge in [0.05, 0.1) is 32.2 Å². The summed E-state index contributed by atoms with van der Waals surface area (Å²) in [5, 5.41) is 48.4. The summed E-state index contributed by atoms with van der Waals surface area (Å²) in [6.07, 6.45) is 1.41. The molecule has 0 radical (unpaired) electrons. The molecule has 1 heterocycles. The lowest BCUT2D eigenvalue weighted by atomic mass is 10.5. The normalized spacial score (nSPS) is 11.3. The second kappa shape index (κ2) is 14.4. The quantitative estimate of drug-likeness (QED) is 0.0724. The minimum atomic E-state index is -0.175. The summed E-state index contributed by atoms with van der Waals surface area (Å²) >= 11 is 0.780. The van der Waals surface area contributed by atoms with Gasteiger partial charge in [0.1, 0.15) is 0 Å². The summed E-state index contributed by atoms with van der Waals surface area (Å²) < 4.78 is 4.22. The topological polar surface area (TPSA) is 177 Å². The Kier molecular flexibility index (Phi) is 12.5. The molecular weight excluding hydrogens is 384 g/mol. The molecule has 0 saturated heterocycles. The Morgan fingerprint density at radius 3 is 1.74 bits per heavy atom. The second-order valence-electron chi connectivity index (χ2n) is 4.84. The van der Waals surface area contributed by atoms with Gasteiger partial charge in [-0.15, -0.1) is 4.33 Å². The zero-order valence-electron chi connectivity index (χ0n) is 14.6. The van der Waals surface area contributed by atoms with E-state index in [1.54, 1.807) is 9.80 Å². The van der Waals surface area contributed by atoms with Gasteiger partial charge in [0.15, 0.2) is 0 Å². The summed E-state index contributed by atoms with van der Waals surface area (Å²) in [5.41, 5.74) is 0. The fourth-order valence-electron chi connectivity index (χ4n) is 1.99. The molecule has 0 aromatic carbocycles. The van der Waals surface area contributed by atoms with E-state index >= 15 is 0 Å². The monoisotopic (exact) mass is 408 g/mol. The highest BCUT2D eigenvalue weighted by Crippen LogP contribution is 2.18. The van der Waals surface area contributed by atoms with Crippen LogP contribution in [0, 0.1) is 0 Å². The molecule has 0 fully saturated rings. The van der Waals surface area contributed by atoms with Gasteiger partial charge in [-0.1, -0.05) is 5.04 Å². The van der Waals surface area contributed by atoms with Crippen molar-refractivity contribution in [2.45, 2.75) is 0 Å². The predicted octanol–water partition coefficient (Wildman–Crippen LogP) is -1.77. The number of aromatic nitrogens is 3. The van der Waals surface area contributed by atoms with Gasteiger partial charge in [0.25, 0.3) is 5.95 Å². The van der Waals surface area contributed by atoms with Crippen molar-refractivity contribution in [3.05, 3.63) is 0 Å². The summed E-state index contributed by atoms with van der Waals surface area (Å²) in [6.45, 7) is 0.0415. The number of nitrogens with zero attached hydrogens (tertiary/aromatic N) is 6. The number of aliphatic hydroxyl groups excluding tert-OH is 4. The number of hydrogen-bond donors (Lipinski definition) is 5. The van der Waals surface area contributed by atoms with Crippen LogP contribution in [0.4, 0.5) is 17.8 Å². The first-order chi connectivity index (χ1) is 13.2. The van der Waals surface area contributed by atoms with Crippen molar-refractivity contribution in [2.24, 2.45) is 4.99 Å². The third-order valence-corrected chi connectivity index (χ3v) is 3.52. The van der Waals surface area contributed by atoms with Crippen molar-refractivity contribution in [2.75, 3.05) is 68.2 Å². The average Bonchev–Trinajstić information content (AvgIpc) is 2.67. The van der Waals surface area contributed by atoms with Gasteiger partial charge in [-0.25, -0.2) is 10.2 Å². The van der Waals surface area contributed by atoms with Crippen LogP contribution in [0.1, 0.15) is 0 Å². The van der Waals surface area contributed by atoms with Crippen LogP contribution in [0.25, 0.3) is 0 Å². The number of aliphatic hydroxyl groups is 4. The zero-order chi connectivity index (χ0) is 19.9. The van der Waals surface area contributed by atoms with Crippen LogP contribution in [0.2, 0.25) is 0 Å². The third kappa shape index (κ3) is 8.72. The smallest absolute Gasteiger partial charge is 0.255 e. The molecule has 0 unspecified atom stereocenters. The molecule has 0 spiro atoms. The Hall–Kier alpha value is -1.65. The first-order valence-corrected chi connectivity index (χ1v) is 8.92. The molecule has 1 rings (SSSR count). The van der Waals surface area contributed by atoms with E-state index in [9.17, 15) is 20.4 Å². The minimum absolute atomic E-state index is 0.0438. The van der Waals surface area contributed by atoms with E-state index < -0.39 is 0 Å². The fourth-order valence-corrected chi connectivity index (χ4v) is 2.22. The summed E-state index contributed by atoms with van der Waals surface area (Å²) in [6, 6.07) is 0. The van der Waals surface area contributed by atoms with Crippen LogP contribution >= 0.6 is 12.0 Å². The van der Waals surface area contributed by atoms with Crippen LogP contribution in [0.15, 0.2) is 4.99 Å². The Bertz CT molecular complexity index is 510. The number of aliphatic imine (C=N–C) groups is 1. The zero-order valence-corrected chi connectivity index (χ0v) is 15.4. The first kappa shape index (κ1) is 23.4. The van der Waals surface area contributed by atoms with Gasteiger partial charge in [-0.05, 0) is 0 Å². The van der Waals surface area contributed by atoms with E-state index in [4.69, 9.17) is 5.26 Å². The molecule has 13 nitrogen and oxygen atoms in total. The van der Waals surface area contributed by atoms with Gasteiger partial charge in [-0.2, -0.15) is 15.0 Å². The summed E-state index contributed by atoms with van der Waals surface area (Å²) in [5.74, 6) is 0.630. The number of anilines is 2. The average molecular weight is 408 g/mol. The van der Waals surface area contributed by atoms with Gasteiger partial charge < -0.3 is 30.2 Å². The maximum absolute atomic E-state index is 9.22. The van der Waals surface area contributed by atoms with E-state index in [2.05, 4.69) is 29.3 Å². The molecule has 27 heavy (non-hydrogen) atoms. The van der Waals surface area contributed by atoms with Crippen molar-refractivity contribution in [3.8, 4) is 0 Å². The lowest BCUT2D eigenvalue weighted by Crippen LogP contribution is -2.34. The van der Waals surface area contributed by atoms with Crippen LogP contribution in [-0.4, -0.2) is 105 Å². The fraction of sp³-hybridized carbons (Fsp3) is 0.692. The number of hydrogen-bond acceptors (Lipinski definition) is 14. The molecule has 0 amide bonds. The van der Waals surface area contributed by atoms with Gasteiger partial charge in [0, 0.05) is 44.4 Å². The third-order valence-electron chi connectivity index (χ3n) is 3.07. The second-order valence-corrected chi connectivity index (χ2v) is 5.55. The molecule has 0 saturated carbocycles. The SMILES string of the molecule is OCCN(CCO)c1nc(/N=C\CSOOO)nc(N(CCO)CCO)n1. The van der Waals surface area contributed by atoms with Crippen molar-refractivity contribution in [3.63, 3.8) is 0 Å². The highest BCUT2D eigenvalue weighted by atomic mass is 32.2. The highest BCUT2D eigenvalue weighted by Gasteiger charge is 2.16. The molecule has 5 N–H and O–H groups in total. The first-order valence-electron chi connectivity index (χ1n) is 8.01. The largest absolute Gasteiger partial charge is 0.395 e. The van der Waals surface area contributed by atoms with Crippen molar-refractivity contribution in [1.29, 1.82) is 0 Å². The van der Waals surface area contributed by atoms with Crippen molar-refractivity contribution in [1.82, 2.24) is 15.0 Å². The molecule has 0 bridgehead atoms. The Labute approximate surface area is 160 Å². The van der Waals surface area contributed by atoms with Gasteiger partial charge >= 0.3 is 0 Å². The van der Waals surface area contributed by atoms with Crippen LogP contribution < -0.4 is 9.80 Å². The molecule has 1 aromatic heterocycles. The standard InChI is InChI=1S/C13H24N6O7S/c20-6-2-18(3-7-21)12-15-11(14-1-10-27-26-25-24)16-13(17-12)19(4-8-22)5-9-23/h1,20-24H,2-10H2/b14-1-. The molecule has 14 heteroatoms. The van der Waals surface area contributed by atoms with E-state index in [1.807, 2.05) is 0 Å². The maximum Gasteiger partial charge on any atom is 0.255 e.